The van der Waals surface area contributed by atoms with E-state index in [1.54, 1.807) is 0 Å². The molecule has 34 heavy (non-hydrogen) atoms. The maximum absolute atomic E-state index is 6.24. The molecule has 0 aliphatic rings. The third-order valence-corrected chi connectivity index (χ3v) is 7.51. The Labute approximate surface area is 217 Å². The molecule has 0 radical (unpaired) electrons. The first-order valence-corrected chi connectivity index (χ1v) is 13.1. The van der Waals surface area contributed by atoms with Crippen LogP contribution < -0.4 is 0 Å². The minimum absolute atomic E-state index is 0. The average Bonchev–Trinajstić information content (AvgIpc) is 3.39. The van der Waals surface area contributed by atoms with Crippen LogP contribution in [0.3, 0.4) is 0 Å². The van der Waals surface area contributed by atoms with E-state index in [1.165, 1.54) is 21.9 Å². The van der Waals surface area contributed by atoms with Crippen molar-refractivity contribution in [3.63, 3.8) is 0 Å². The minimum Gasteiger partial charge on any atom is -1.00 e. The van der Waals surface area contributed by atoms with E-state index in [-0.39, 0.29) is 1.43 Å². The van der Waals surface area contributed by atoms with Gasteiger partial charge in [-0.25, -0.2) is 0 Å². The summed E-state index contributed by atoms with van der Waals surface area (Å²) >= 11 is 6.98. The molecular formula is C30H27Br2O2-. The molecule has 4 aromatic carbocycles. The van der Waals surface area contributed by atoms with Crippen molar-refractivity contribution in [3.05, 3.63) is 92.9 Å². The van der Waals surface area contributed by atoms with Crippen LogP contribution in [0.1, 0.15) is 52.1 Å². The maximum atomic E-state index is 6.24. The Morgan fingerprint density at radius 2 is 0.824 bits per heavy atom. The van der Waals surface area contributed by atoms with Gasteiger partial charge in [0.05, 0.1) is 8.95 Å². The Bertz CT molecular complexity index is 1520. The summed E-state index contributed by atoms with van der Waals surface area (Å²) in [5.41, 5.74) is 6.51. The van der Waals surface area contributed by atoms with Crippen molar-refractivity contribution in [2.24, 2.45) is 0 Å². The van der Waals surface area contributed by atoms with E-state index in [0.717, 1.165) is 42.0 Å². The number of hydrogen-bond acceptors (Lipinski definition) is 2. The number of fused-ring (bicyclic) bond motifs is 6. The molecule has 0 unspecified atom stereocenters. The minimum atomic E-state index is 0. The Balaban J connectivity index is 0.000000164. The highest BCUT2D eigenvalue weighted by atomic mass is 79.9. The van der Waals surface area contributed by atoms with E-state index in [0.29, 0.717) is 11.8 Å². The fraction of sp³-hybridized carbons (Fsp3) is 0.200. The van der Waals surface area contributed by atoms with E-state index in [4.69, 9.17) is 8.83 Å². The Morgan fingerprint density at radius 1 is 0.500 bits per heavy atom. The average molecular weight is 579 g/mol. The summed E-state index contributed by atoms with van der Waals surface area (Å²) in [6.45, 7) is 8.85. The fourth-order valence-electron chi connectivity index (χ4n) is 4.52. The van der Waals surface area contributed by atoms with Crippen molar-refractivity contribution >= 4 is 75.7 Å². The molecule has 0 atom stereocenters. The van der Waals surface area contributed by atoms with Gasteiger partial charge in [-0.3, -0.25) is 0 Å². The van der Waals surface area contributed by atoms with Crippen LogP contribution in [0.2, 0.25) is 0 Å². The molecule has 0 fully saturated rings. The highest BCUT2D eigenvalue weighted by molar-refractivity contribution is 9.11. The second kappa shape index (κ2) is 9.24. The summed E-state index contributed by atoms with van der Waals surface area (Å²) in [4.78, 5) is 0. The Kier molecular flexibility index (Phi) is 6.30. The van der Waals surface area contributed by atoms with Gasteiger partial charge in [0.1, 0.15) is 22.3 Å². The number of benzene rings is 4. The van der Waals surface area contributed by atoms with Crippen LogP contribution in [0.5, 0.6) is 0 Å². The summed E-state index contributed by atoms with van der Waals surface area (Å²) < 4.78 is 14.0. The maximum Gasteiger partial charge on any atom is 0.149 e. The van der Waals surface area contributed by atoms with Gasteiger partial charge in [-0.2, -0.15) is 0 Å². The van der Waals surface area contributed by atoms with Gasteiger partial charge in [-0.05, 0) is 67.0 Å². The highest BCUT2D eigenvalue weighted by Gasteiger charge is 2.16. The standard InChI is InChI=1S/C18H20O.C12H6Br2O.H/c1-11(2)13-7-5-9-15-16-10-6-8-14(12(3)4)18(16)19-17(13)15;13-9-5-1-3-7-8-4-2-6-10(14)12(8)15-11(7)9;/h5-12H,1-4H3;1-6H;/q;;-1. The first-order chi connectivity index (χ1) is 16.4. The fourth-order valence-corrected chi connectivity index (χ4v) is 5.42. The number of furan rings is 2. The Hall–Kier alpha value is -2.56. The third kappa shape index (κ3) is 3.97. The van der Waals surface area contributed by atoms with Crippen LogP contribution in [0, 0.1) is 0 Å². The summed E-state index contributed by atoms with van der Waals surface area (Å²) in [6.07, 6.45) is 0. The summed E-state index contributed by atoms with van der Waals surface area (Å²) in [6, 6.07) is 25.1. The zero-order valence-electron chi connectivity index (χ0n) is 20.7. The molecule has 0 amide bonds. The van der Waals surface area contributed by atoms with Gasteiger partial charge in [0.25, 0.3) is 0 Å². The molecule has 6 aromatic rings. The van der Waals surface area contributed by atoms with Crippen LogP contribution in [-0.4, -0.2) is 0 Å². The van der Waals surface area contributed by atoms with Gasteiger partial charge in [-0.1, -0.05) is 88.4 Å². The lowest BCUT2D eigenvalue weighted by molar-refractivity contribution is 0.646. The third-order valence-electron chi connectivity index (χ3n) is 6.26. The van der Waals surface area contributed by atoms with E-state index in [1.807, 2.05) is 24.3 Å². The molecular weight excluding hydrogens is 552 g/mol. The molecule has 2 nitrogen and oxygen atoms in total. The molecule has 4 heteroatoms. The van der Waals surface area contributed by atoms with Crippen LogP contribution in [-0.2, 0) is 0 Å². The molecule has 0 aliphatic carbocycles. The van der Waals surface area contributed by atoms with Gasteiger partial charge >= 0.3 is 0 Å². The monoisotopic (exact) mass is 577 g/mol. The molecule has 0 N–H and O–H groups in total. The predicted octanol–water partition coefficient (Wildman–Crippen LogP) is 11.1. The topological polar surface area (TPSA) is 26.3 Å². The summed E-state index contributed by atoms with van der Waals surface area (Å²) in [5, 5.41) is 4.76. The lowest BCUT2D eigenvalue weighted by Gasteiger charge is -2.05. The van der Waals surface area contributed by atoms with Crippen molar-refractivity contribution in [2.75, 3.05) is 0 Å². The number of halogens is 2. The zero-order chi connectivity index (χ0) is 24.0. The van der Waals surface area contributed by atoms with Gasteiger partial charge < -0.3 is 10.3 Å². The summed E-state index contributed by atoms with van der Waals surface area (Å²) in [7, 11) is 0. The molecule has 0 saturated heterocycles. The summed E-state index contributed by atoms with van der Waals surface area (Å²) in [5.74, 6) is 0.957. The van der Waals surface area contributed by atoms with Gasteiger partial charge in [0.15, 0.2) is 0 Å². The molecule has 0 spiro atoms. The van der Waals surface area contributed by atoms with Crippen LogP contribution in [0.25, 0.3) is 43.9 Å². The number of hydrogen-bond donors (Lipinski definition) is 0. The van der Waals surface area contributed by atoms with Crippen molar-refractivity contribution in [1.82, 2.24) is 0 Å². The van der Waals surface area contributed by atoms with Crippen LogP contribution in [0.15, 0.2) is 90.6 Å². The van der Waals surface area contributed by atoms with Crippen molar-refractivity contribution in [3.8, 4) is 0 Å². The van der Waals surface area contributed by atoms with Gasteiger partial charge in [0, 0.05) is 21.5 Å². The smallest absolute Gasteiger partial charge is 0.149 e. The normalized spacial score (nSPS) is 11.8. The molecule has 0 aliphatic heterocycles. The van der Waals surface area contributed by atoms with E-state index in [9.17, 15) is 0 Å². The molecule has 174 valence electrons. The highest BCUT2D eigenvalue weighted by Crippen LogP contribution is 2.38. The van der Waals surface area contributed by atoms with Crippen LogP contribution in [0.4, 0.5) is 0 Å². The lowest BCUT2D eigenvalue weighted by atomic mass is 9.98. The quantitative estimate of drug-likeness (QED) is 0.204. The predicted molar refractivity (Wildman–Crippen MR) is 152 cm³/mol. The number of para-hydroxylation sites is 4. The first kappa shape index (κ1) is 23.2. The Morgan fingerprint density at radius 3 is 1.21 bits per heavy atom. The SMILES string of the molecule is Brc1cccc2c1oc1c(Br)cccc12.CC(C)c1cccc2c1oc1c(C(C)C)cccc12.[H-]. The van der Waals surface area contributed by atoms with Crippen molar-refractivity contribution in [2.45, 2.75) is 39.5 Å². The first-order valence-electron chi connectivity index (χ1n) is 11.6. The van der Waals surface area contributed by atoms with E-state index < -0.39 is 0 Å². The lowest BCUT2D eigenvalue weighted by Crippen LogP contribution is -1.86. The van der Waals surface area contributed by atoms with Crippen molar-refractivity contribution in [1.29, 1.82) is 0 Å². The molecule has 2 heterocycles. The largest absolute Gasteiger partial charge is 1.00 e. The number of rotatable bonds is 2. The van der Waals surface area contributed by atoms with Crippen molar-refractivity contribution < 1.29 is 10.3 Å². The molecule has 0 saturated carbocycles. The molecule has 6 rings (SSSR count). The van der Waals surface area contributed by atoms with E-state index >= 15 is 0 Å². The van der Waals surface area contributed by atoms with Gasteiger partial charge in [-0.15, -0.1) is 0 Å². The molecule has 2 aromatic heterocycles. The molecule has 0 bridgehead atoms. The second-order valence-corrected chi connectivity index (χ2v) is 10.9. The van der Waals surface area contributed by atoms with Gasteiger partial charge in [0.2, 0.25) is 0 Å². The van der Waals surface area contributed by atoms with E-state index in [2.05, 4.69) is 108 Å². The zero-order valence-corrected chi connectivity index (χ0v) is 22.8. The second-order valence-electron chi connectivity index (χ2n) is 9.19. The van der Waals surface area contributed by atoms with Crippen LogP contribution >= 0.6 is 31.9 Å².